The predicted octanol–water partition coefficient (Wildman–Crippen LogP) is 3.54. The van der Waals surface area contributed by atoms with Crippen LogP contribution in [0.2, 0.25) is 0 Å². The molecule has 1 aromatic carbocycles. The zero-order valence-corrected chi connectivity index (χ0v) is 18.2. The fourth-order valence-electron chi connectivity index (χ4n) is 2.79. The highest BCUT2D eigenvalue weighted by molar-refractivity contribution is 7.22. The van der Waals surface area contributed by atoms with Gasteiger partial charge in [0.25, 0.3) is 5.91 Å². The molecular weight excluding hydrogens is 398 g/mol. The molecule has 0 spiro atoms. The van der Waals surface area contributed by atoms with Gasteiger partial charge in [0.1, 0.15) is 17.0 Å². The van der Waals surface area contributed by atoms with Crippen LogP contribution >= 0.6 is 23.7 Å². The molecule has 3 aromatic rings. The number of fused-ring (bicyclic) bond motifs is 1. The van der Waals surface area contributed by atoms with Gasteiger partial charge in [0.15, 0.2) is 5.13 Å². The molecule has 1 amide bonds. The second kappa shape index (κ2) is 9.86. The number of hydrogen-bond acceptors (Lipinski definition) is 6. The Hall–Kier alpha value is -2.16. The van der Waals surface area contributed by atoms with Crippen molar-refractivity contribution in [2.45, 2.75) is 20.4 Å². The molecule has 0 aliphatic rings. The van der Waals surface area contributed by atoms with Crippen molar-refractivity contribution in [3.8, 4) is 5.75 Å². The van der Waals surface area contributed by atoms with Crippen LogP contribution in [0.1, 0.15) is 24.3 Å². The smallest absolute Gasteiger partial charge is 0.278 e. The predicted molar refractivity (Wildman–Crippen MR) is 116 cm³/mol. The first-order chi connectivity index (χ1) is 13.0. The molecule has 0 bridgehead atoms. The van der Waals surface area contributed by atoms with Gasteiger partial charge in [-0.2, -0.15) is 5.10 Å². The standard InChI is InChI=1S/C19H25N5O2S.ClH/c1-5-24-14(10-11-20-24)18(25)23(13-12-22(3)4)19-21-17-15(26-6-2)8-7-9-16(17)27-19;/h7-11H,5-6,12-13H2,1-4H3;1H. The second-order valence-corrected chi connectivity index (χ2v) is 7.33. The minimum Gasteiger partial charge on any atom is -0.492 e. The van der Waals surface area contributed by atoms with Crippen LogP contribution in [-0.2, 0) is 6.54 Å². The van der Waals surface area contributed by atoms with Gasteiger partial charge < -0.3 is 9.64 Å². The summed E-state index contributed by atoms with van der Waals surface area (Å²) in [5.41, 5.74) is 1.37. The van der Waals surface area contributed by atoms with Crippen LogP contribution in [0.5, 0.6) is 5.75 Å². The van der Waals surface area contributed by atoms with Gasteiger partial charge in [-0.25, -0.2) is 4.98 Å². The topological polar surface area (TPSA) is 63.5 Å². The number of benzene rings is 1. The van der Waals surface area contributed by atoms with Crippen LogP contribution in [0.25, 0.3) is 10.2 Å². The number of thiazole rings is 1. The summed E-state index contributed by atoms with van der Waals surface area (Å²) in [5.74, 6) is 0.657. The Morgan fingerprint density at radius 2 is 2.00 bits per heavy atom. The van der Waals surface area contributed by atoms with E-state index in [1.54, 1.807) is 21.8 Å². The van der Waals surface area contributed by atoms with E-state index < -0.39 is 0 Å². The van der Waals surface area contributed by atoms with Gasteiger partial charge in [0.05, 0.1) is 11.3 Å². The van der Waals surface area contributed by atoms with Gasteiger partial charge in [0.2, 0.25) is 0 Å². The molecule has 9 heteroatoms. The number of rotatable bonds is 8. The number of aryl methyl sites for hydroxylation is 1. The van der Waals surface area contributed by atoms with E-state index in [2.05, 4.69) is 10.00 Å². The van der Waals surface area contributed by atoms with Gasteiger partial charge in [-0.05, 0) is 46.1 Å². The second-order valence-electron chi connectivity index (χ2n) is 6.32. The molecule has 2 heterocycles. The van der Waals surface area contributed by atoms with Crippen molar-refractivity contribution >= 4 is 45.0 Å². The van der Waals surface area contributed by atoms with E-state index >= 15 is 0 Å². The number of para-hydroxylation sites is 1. The minimum atomic E-state index is -0.0896. The number of hydrogen-bond donors (Lipinski definition) is 0. The maximum absolute atomic E-state index is 13.3. The third-order valence-corrected chi connectivity index (χ3v) is 5.20. The summed E-state index contributed by atoms with van der Waals surface area (Å²) in [6, 6.07) is 7.62. The number of aromatic nitrogens is 3. The molecule has 2 aromatic heterocycles. The summed E-state index contributed by atoms with van der Waals surface area (Å²) in [6.45, 7) is 6.42. The molecule has 0 unspecified atom stereocenters. The van der Waals surface area contributed by atoms with Crippen LogP contribution in [0, 0.1) is 0 Å². The monoisotopic (exact) mass is 423 g/mol. The van der Waals surface area contributed by atoms with Crippen LogP contribution in [-0.4, -0.2) is 59.4 Å². The molecule has 7 nitrogen and oxygen atoms in total. The number of amides is 1. The van der Waals surface area contributed by atoms with Crippen molar-refractivity contribution in [2.75, 3.05) is 38.7 Å². The zero-order chi connectivity index (χ0) is 19.4. The number of nitrogens with zero attached hydrogens (tertiary/aromatic N) is 5. The van der Waals surface area contributed by atoms with Crippen molar-refractivity contribution in [3.63, 3.8) is 0 Å². The maximum atomic E-state index is 13.3. The molecule has 152 valence electrons. The highest BCUT2D eigenvalue weighted by Gasteiger charge is 2.24. The lowest BCUT2D eigenvalue weighted by Crippen LogP contribution is -2.37. The summed E-state index contributed by atoms with van der Waals surface area (Å²) < 4.78 is 8.41. The van der Waals surface area contributed by atoms with E-state index in [9.17, 15) is 4.79 Å². The molecule has 0 N–H and O–H groups in total. The lowest BCUT2D eigenvalue weighted by atomic mass is 10.3. The average molecular weight is 424 g/mol. The quantitative estimate of drug-likeness (QED) is 0.554. The Kier molecular flexibility index (Phi) is 7.79. The van der Waals surface area contributed by atoms with E-state index in [1.165, 1.54) is 11.3 Å². The normalized spacial score (nSPS) is 10.9. The number of anilines is 1. The largest absolute Gasteiger partial charge is 0.492 e. The van der Waals surface area contributed by atoms with Crippen LogP contribution < -0.4 is 9.64 Å². The van der Waals surface area contributed by atoms with Crippen molar-refractivity contribution in [3.05, 3.63) is 36.2 Å². The molecule has 0 saturated carbocycles. The molecule has 0 aliphatic carbocycles. The third-order valence-electron chi connectivity index (χ3n) is 4.15. The van der Waals surface area contributed by atoms with Crippen molar-refractivity contribution in [2.24, 2.45) is 0 Å². The van der Waals surface area contributed by atoms with E-state index in [4.69, 9.17) is 9.72 Å². The number of halogens is 1. The Bertz CT molecular complexity index is 924. The van der Waals surface area contributed by atoms with Crippen molar-refractivity contribution in [1.29, 1.82) is 0 Å². The zero-order valence-electron chi connectivity index (χ0n) is 16.6. The van der Waals surface area contributed by atoms with Gasteiger partial charge in [-0.3, -0.25) is 14.4 Å². The molecule has 28 heavy (non-hydrogen) atoms. The third kappa shape index (κ3) is 4.63. The van der Waals surface area contributed by atoms with E-state index in [-0.39, 0.29) is 18.3 Å². The van der Waals surface area contributed by atoms with Gasteiger partial charge >= 0.3 is 0 Å². The Balaban J connectivity index is 0.00000280. The molecule has 0 atom stereocenters. The van der Waals surface area contributed by atoms with Crippen molar-refractivity contribution in [1.82, 2.24) is 19.7 Å². The van der Waals surface area contributed by atoms with Crippen molar-refractivity contribution < 1.29 is 9.53 Å². The summed E-state index contributed by atoms with van der Waals surface area (Å²) in [4.78, 5) is 21.8. The van der Waals surface area contributed by atoms with Crippen LogP contribution in [0.3, 0.4) is 0 Å². The fourth-order valence-corrected chi connectivity index (χ4v) is 3.80. The SMILES string of the molecule is CCOc1cccc2sc(N(CCN(C)C)C(=O)c3ccnn3CC)nc12.Cl. The molecule has 3 rings (SSSR count). The Labute approximate surface area is 175 Å². The molecule has 0 fully saturated rings. The Morgan fingerprint density at radius 3 is 2.68 bits per heavy atom. The van der Waals surface area contributed by atoms with E-state index in [0.29, 0.717) is 30.5 Å². The highest BCUT2D eigenvalue weighted by atomic mass is 35.5. The van der Waals surface area contributed by atoms with Crippen LogP contribution in [0.15, 0.2) is 30.5 Å². The lowest BCUT2D eigenvalue weighted by Gasteiger charge is -2.22. The fraction of sp³-hybridized carbons (Fsp3) is 0.421. The van der Waals surface area contributed by atoms with Crippen LogP contribution in [0.4, 0.5) is 5.13 Å². The first-order valence-electron chi connectivity index (χ1n) is 9.05. The first-order valence-corrected chi connectivity index (χ1v) is 9.87. The molecule has 0 radical (unpaired) electrons. The highest BCUT2D eigenvalue weighted by Crippen LogP contribution is 2.34. The van der Waals surface area contributed by atoms with Gasteiger partial charge in [0, 0.05) is 25.8 Å². The molecule has 0 saturated heterocycles. The molecule has 0 aliphatic heterocycles. The minimum absolute atomic E-state index is 0. The number of likely N-dealkylation sites (N-methyl/N-ethyl adjacent to an activating group) is 1. The number of ether oxygens (including phenoxy) is 1. The van der Waals surface area contributed by atoms with Gasteiger partial charge in [-0.15, -0.1) is 12.4 Å². The number of carbonyl (C=O) groups excluding carboxylic acids is 1. The first kappa shape index (κ1) is 22.1. The summed E-state index contributed by atoms with van der Waals surface area (Å²) in [7, 11) is 3.98. The van der Waals surface area contributed by atoms with E-state index in [1.807, 2.05) is 46.1 Å². The summed E-state index contributed by atoms with van der Waals surface area (Å²) in [5, 5.41) is 4.90. The molecular formula is C19H26ClN5O2S. The average Bonchev–Trinajstić information content (AvgIpc) is 3.28. The summed E-state index contributed by atoms with van der Waals surface area (Å²) >= 11 is 1.50. The number of carbonyl (C=O) groups is 1. The van der Waals surface area contributed by atoms with Gasteiger partial charge in [-0.1, -0.05) is 17.4 Å². The van der Waals surface area contributed by atoms with E-state index in [0.717, 1.165) is 22.5 Å². The maximum Gasteiger partial charge on any atom is 0.278 e. The Morgan fingerprint density at radius 1 is 1.21 bits per heavy atom. The summed E-state index contributed by atoms with van der Waals surface area (Å²) in [6.07, 6.45) is 1.66. The lowest BCUT2D eigenvalue weighted by molar-refractivity contribution is 0.0975.